The summed E-state index contributed by atoms with van der Waals surface area (Å²) in [6, 6.07) is 15.5. The summed E-state index contributed by atoms with van der Waals surface area (Å²) in [6.07, 6.45) is 1.74. The van der Waals surface area contributed by atoms with Gasteiger partial charge in [0.15, 0.2) is 5.58 Å². The van der Waals surface area contributed by atoms with Crippen LogP contribution in [0.1, 0.15) is 26.7 Å². The van der Waals surface area contributed by atoms with E-state index in [0.29, 0.717) is 0 Å². The SMILES string of the molecule is [2H]C(C)(C)c1cccnc1-c1ccc2oc3ccccc3c2n1. The Morgan fingerprint density at radius 3 is 2.73 bits per heavy atom. The molecule has 0 N–H and O–H groups in total. The van der Waals surface area contributed by atoms with E-state index in [4.69, 9.17) is 10.8 Å². The van der Waals surface area contributed by atoms with Gasteiger partial charge in [-0.3, -0.25) is 4.98 Å². The summed E-state index contributed by atoms with van der Waals surface area (Å²) in [6.45, 7) is 3.72. The second kappa shape index (κ2) is 4.95. The van der Waals surface area contributed by atoms with E-state index in [0.717, 1.165) is 39.0 Å². The Morgan fingerprint density at radius 1 is 1.00 bits per heavy atom. The Hall–Kier alpha value is -2.68. The largest absolute Gasteiger partial charge is 0.454 e. The molecular formula is C19H16N2O. The standard InChI is InChI=1S/C19H16N2O/c1-12(2)13-7-5-11-20-18(13)15-9-10-17-19(21-15)14-6-3-4-8-16(14)22-17/h3-12H,1-2H3/i12D. The maximum absolute atomic E-state index is 8.34. The van der Waals surface area contributed by atoms with E-state index in [-0.39, 0.29) is 0 Å². The van der Waals surface area contributed by atoms with Crippen LogP contribution in [-0.4, -0.2) is 9.97 Å². The predicted octanol–water partition coefficient (Wildman–Crippen LogP) is 5.17. The van der Waals surface area contributed by atoms with Crippen LogP contribution in [0.2, 0.25) is 0 Å². The smallest absolute Gasteiger partial charge is 0.153 e. The summed E-state index contributed by atoms with van der Waals surface area (Å²) in [4.78, 5) is 9.24. The van der Waals surface area contributed by atoms with Crippen LogP contribution in [0, 0.1) is 0 Å². The number of rotatable bonds is 2. The topological polar surface area (TPSA) is 38.9 Å². The summed E-state index contributed by atoms with van der Waals surface area (Å²) in [5.74, 6) is -0.737. The van der Waals surface area contributed by atoms with E-state index >= 15 is 0 Å². The molecule has 0 amide bonds. The van der Waals surface area contributed by atoms with Gasteiger partial charge in [-0.1, -0.05) is 32.0 Å². The summed E-state index contributed by atoms with van der Waals surface area (Å²) >= 11 is 0. The maximum Gasteiger partial charge on any atom is 0.153 e. The third-order valence-electron chi connectivity index (χ3n) is 3.81. The molecule has 3 nitrogen and oxygen atoms in total. The summed E-state index contributed by atoms with van der Waals surface area (Å²) < 4.78 is 14.2. The van der Waals surface area contributed by atoms with Gasteiger partial charge in [0, 0.05) is 13.0 Å². The Bertz CT molecular complexity index is 1010. The van der Waals surface area contributed by atoms with Gasteiger partial charge >= 0.3 is 0 Å². The number of hydrogen-bond donors (Lipinski definition) is 0. The molecule has 0 aliphatic carbocycles. The van der Waals surface area contributed by atoms with Crippen molar-refractivity contribution in [1.82, 2.24) is 9.97 Å². The fraction of sp³-hybridized carbons (Fsp3) is 0.158. The van der Waals surface area contributed by atoms with Gasteiger partial charge in [0.2, 0.25) is 0 Å². The number of benzene rings is 1. The highest BCUT2D eigenvalue weighted by molar-refractivity contribution is 6.02. The lowest BCUT2D eigenvalue weighted by Gasteiger charge is -2.10. The van der Waals surface area contributed by atoms with Crippen molar-refractivity contribution in [3.63, 3.8) is 0 Å². The van der Waals surface area contributed by atoms with Crippen molar-refractivity contribution in [2.75, 3.05) is 0 Å². The third kappa shape index (κ3) is 1.98. The zero-order valence-corrected chi connectivity index (χ0v) is 12.5. The van der Waals surface area contributed by atoms with Crippen LogP contribution in [0.25, 0.3) is 33.5 Å². The molecule has 0 spiro atoms. The third-order valence-corrected chi connectivity index (χ3v) is 3.81. The molecule has 4 rings (SSSR count). The number of pyridine rings is 2. The summed E-state index contributed by atoms with van der Waals surface area (Å²) in [7, 11) is 0. The first kappa shape index (κ1) is 11.9. The highest BCUT2D eigenvalue weighted by atomic mass is 16.3. The molecule has 3 heterocycles. The molecule has 1 aromatic carbocycles. The van der Waals surface area contributed by atoms with Crippen LogP contribution in [0.3, 0.4) is 0 Å². The van der Waals surface area contributed by atoms with Gasteiger partial charge in [0.05, 0.1) is 11.4 Å². The molecule has 0 radical (unpaired) electrons. The molecular weight excluding hydrogens is 272 g/mol. The number of nitrogens with zero attached hydrogens (tertiary/aromatic N) is 2. The van der Waals surface area contributed by atoms with E-state index in [9.17, 15) is 0 Å². The first-order chi connectivity index (χ1) is 11.0. The zero-order valence-electron chi connectivity index (χ0n) is 13.5. The molecule has 0 fully saturated rings. The monoisotopic (exact) mass is 289 g/mol. The first-order valence-corrected chi connectivity index (χ1v) is 7.28. The number of para-hydroxylation sites is 1. The average Bonchev–Trinajstić information content (AvgIpc) is 2.92. The number of fused-ring (bicyclic) bond motifs is 3. The van der Waals surface area contributed by atoms with Gasteiger partial charge in [0.25, 0.3) is 0 Å². The molecule has 3 aromatic heterocycles. The van der Waals surface area contributed by atoms with E-state index in [1.54, 1.807) is 6.20 Å². The Kier molecular flexibility index (Phi) is 2.68. The van der Waals surface area contributed by atoms with Gasteiger partial charge < -0.3 is 4.42 Å². The van der Waals surface area contributed by atoms with Gasteiger partial charge in [-0.05, 0) is 41.8 Å². The predicted molar refractivity (Wildman–Crippen MR) is 88.8 cm³/mol. The molecule has 0 atom stereocenters. The van der Waals surface area contributed by atoms with E-state index in [2.05, 4.69) is 4.98 Å². The fourth-order valence-electron chi connectivity index (χ4n) is 2.74. The van der Waals surface area contributed by atoms with Crippen LogP contribution in [0.15, 0.2) is 59.1 Å². The van der Waals surface area contributed by atoms with Gasteiger partial charge in [0.1, 0.15) is 11.1 Å². The second-order valence-electron chi connectivity index (χ2n) is 5.54. The highest BCUT2D eigenvalue weighted by Gasteiger charge is 2.13. The van der Waals surface area contributed by atoms with Crippen LogP contribution >= 0.6 is 0 Å². The van der Waals surface area contributed by atoms with Crippen molar-refractivity contribution in [3.05, 3.63) is 60.3 Å². The second-order valence-corrected chi connectivity index (χ2v) is 5.54. The van der Waals surface area contributed by atoms with E-state index in [1.165, 1.54) is 0 Å². The Morgan fingerprint density at radius 2 is 1.86 bits per heavy atom. The minimum absolute atomic E-state index is 0.737. The highest BCUT2D eigenvalue weighted by Crippen LogP contribution is 2.31. The summed E-state index contributed by atoms with van der Waals surface area (Å²) in [5, 5.41) is 0.993. The van der Waals surface area contributed by atoms with Crippen LogP contribution < -0.4 is 0 Å². The first-order valence-electron chi connectivity index (χ1n) is 7.78. The molecule has 0 unspecified atom stereocenters. The van der Waals surface area contributed by atoms with Crippen molar-refractivity contribution in [2.24, 2.45) is 0 Å². The Labute approximate surface area is 130 Å². The van der Waals surface area contributed by atoms with Gasteiger partial charge in [-0.15, -0.1) is 0 Å². The van der Waals surface area contributed by atoms with Crippen molar-refractivity contribution < 1.29 is 5.79 Å². The number of furan rings is 1. The Balaban J connectivity index is 1.99. The van der Waals surface area contributed by atoms with Crippen LogP contribution in [0.5, 0.6) is 0 Å². The van der Waals surface area contributed by atoms with Gasteiger partial charge in [-0.2, -0.15) is 0 Å². The molecule has 0 bridgehead atoms. The van der Waals surface area contributed by atoms with E-state index < -0.39 is 5.89 Å². The van der Waals surface area contributed by atoms with Crippen LogP contribution in [-0.2, 0) is 0 Å². The normalized spacial score (nSPS) is 12.7. The van der Waals surface area contributed by atoms with E-state index in [1.807, 2.05) is 62.4 Å². The molecule has 0 aliphatic rings. The maximum atomic E-state index is 8.34. The van der Waals surface area contributed by atoms with Crippen molar-refractivity contribution in [1.29, 1.82) is 0 Å². The molecule has 3 heteroatoms. The lowest BCUT2D eigenvalue weighted by molar-refractivity contribution is 0.668. The molecule has 0 aliphatic heterocycles. The van der Waals surface area contributed by atoms with Crippen LogP contribution in [0.4, 0.5) is 0 Å². The number of aromatic nitrogens is 2. The average molecular weight is 289 g/mol. The summed E-state index contributed by atoms with van der Waals surface area (Å²) in [5.41, 5.74) is 4.79. The lowest BCUT2D eigenvalue weighted by Crippen LogP contribution is -1.96. The molecule has 108 valence electrons. The van der Waals surface area contributed by atoms with Crippen molar-refractivity contribution in [2.45, 2.75) is 19.7 Å². The number of hydrogen-bond acceptors (Lipinski definition) is 3. The molecule has 0 saturated heterocycles. The lowest BCUT2D eigenvalue weighted by atomic mass is 9.99. The van der Waals surface area contributed by atoms with Gasteiger partial charge in [-0.25, -0.2) is 4.98 Å². The quantitative estimate of drug-likeness (QED) is 0.511. The minimum atomic E-state index is -0.737. The molecule has 4 aromatic rings. The van der Waals surface area contributed by atoms with Crippen molar-refractivity contribution >= 4 is 22.1 Å². The van der Waals surface area contributed by atoms with Crippen molar-refractivity contribution in [3.8, 4) is 11.4 Å². The molecule has 0 saturated carbocycles. The minimum Gasteiger partial charge on any atom is -0.454 e. The zero-order chi connectivity index (χ0) is 16.0. The molecule has 22 heavy (non-hydrogen) atoms. The fourth-order valence-corrected chi connectivity index (χ4v) is 2.74.